The van der Waals surface area contributed by atoms with Gasteiger partial charge in [-0.3, -0.25) is 0 Å². The van der Waals surface area contributed by atoms with Crippen LogP contribution in [-0.2, 0) is 9.47 Å². The second kappa shape index (κ2) is 6.19. The van der Waals surface area contributed by atoms with Gasteiger partial charge >= 0.3 is 11.9 Å². The second-order valence-corrected chi connectivity index (χ2v) is 9.61. The monoisotopic (exact) mass is 318 g/mol. The molecule has 0 bridgehead atoms. The molecule has 0 aliphatic rings. The van der Waals surface area contributed by atoms with Gasteiger partial charge in [0.25, 0.3) is 0 Å². The van der Waals surface area contributed by atoms with Crippen molar-refractivity contribution in [3.63, 3.8) is 0 Å². The Balaban J connectivity index is 2.63. The van der Waals surface area contributed by atoms with E-state index in [4.69, 9.17) is 13.9 Å². The van der Waals surface area contributed by atoms with Crippen molar-refractivity contribution in [2.75, 3.05) is 14.2 Å². The fraction of sp³-hybridized carbons (Fsp3) is 0.250. The molecule has 5 nitrogen and oxygen atoms in total. The van der Waals surface area contributed by atoms with Crippen LogP contribution in [0.4, 0.5) is 0 Å². The summed E-state index contributed by atoms with van der Waals surface area (Å²) < 4.78 is 15.2. The highest BCUT2D eigenvalue weighted by atomic mass is 28.3. The maximum Gasteiger partial charge on any atom is 0.342 e. The van der Waals surface area contributed by atoms with E-state index < -0.39 is 20.0 Å². The van der Waals surface area contributed by atoms with Gasteiger partial charge in [-0.05, 0) is 0 Å². The van der Waals surface area contributed by atoms with E-state index in [9.17, 15) is 9.59 Å². The van der Waals surface area contributed by atoms with E-state index >= 15 is 0 Å². The predicted octanol–water partition coefficient (Wildman–Crippen LogP) is 1.68. The summed E-state index contributed by atoms with van der Waals surface area (Å²) in [4.78, 5) is 24.0. The molecule has 2 rings (SSSR count). The molecule has 0 aliphatic heterocycles. The van der Waals surface area contributed by atoms with Crippen molar-refractivity contribution in [3.05, 3.63) is 47.7 Å². The largest absolute Gasteiger partial charge is 0.472 e. The minimum Gasteiger partial charge on any atom is -0.472 e. The molecule has 22 heavy (non-hydrogen) atoms. The smallest absolute Gasteiger partial charge is 0.342 e. The topological polar surface area (TPSA) is 65.7 Å². The first-order valence-corrected chi connectivity index (χ1v) is 9.77. The van der Waals surface area contributed by atoms with Crippen molar-refractivity contribution in [2.24, 2.45) is 0 Å². The summed E-state index contributed by atoms with van der Waals surface area (Å²) in [7, 11) is 0.243. The molecule has 1 heterocycles. The predicted molar refractivity (Wildman–Crippen MR) is 84.6 cm³/mol. The molecule has 0 radical (unpaired) electrons. The summed E-state index contributed by atoms with van der Waals surface area (Å²) >= 11 is 0. The molecule has 1 aromatic carbocycles. The average molecular weight is 318 g/mol. The molecule has 2 aromatic rings. The van der Waals surface area contributed by atoms with Crippen molar-refractivity contribution >= 4 is 30.6 Å². The Labute approximate surface area is 129 Å². The molecule has 6 heteroatoms. The van der Waals surface area contributed by atoms with Crippen LogP contribution in [0, 0.1) is 0 Å². The zero-order valence-corrected chi connectivity index (χ0v) is 14.0. The maximum absolute atomic E-state index is 12.1. The molecule has 0 fully saturated rings. The molecular formula is C16H18O5Si. The number of esters is 2. The third-order valence-corrected chi connectivity index (χ3v) is 6.93. The Hall–Kier alpha value is -2.34. The van der Waals surface area contributed by atoms with Crippen molar-refractivity contribution < 1.29 is 23.5 Å². The summed E-state index contributed by atoms with van der Waals surface area (Å²) in [5, 5.41) is 1.59. The summed E-state index contributed by atoms with van der Waals surface area (Å²) in [6.45, 7) is 4.10. The fourth-order valence-electron chi connectivity index (χ4n) is 2.37. The van der Waals surface area contributed by atoms with Crippen LogP contribution < -0.4 is 10.6 Å². The van der Waals surface area contributed by atoms with Crippen LogP contribution in [-0.4, -0.2) is 34.2 Å². The van der Waals surface area contributed by atoms with Crippen LogP contribution in [0.15, 0.2) is 41.0 Å². The second-order valence-electron chi connectivity index (χ2n) is 5.33. The Morgan fingerprint density at radius 1 is 1.00 bits per heavy atom. The highest BCUT2D eigenvalue weighted by molar-refractivity contribution is 7.00. The van der Waals surface area contributed by atoms with Crippen LogP contribution in [0.1, 0.15) is 20.7 Å². The van der Waals surface area contributed by atoms with Gasteiger partial charge in [0.15, 0.2) is 8.07 Å². The lowest BCUT2D eigenvalue weighted by molar-refractivity contribution is 0.0557. The lowest BCUT2D eigenvalue weighted by Gasteiger charge is -2.21. The van der Waals surface area contributed by atoms with Gasteiger partial charge in [-0.1, -0.05) is 48.6 Å². The number of carbonyl (C=O) groups excluding carboxylic acids is 2. The summed E-state index contributed by atoms with van der Waals surface area (Å²) in [5.41, 5.74) is 0.260. The molecule has 0 spiro atoms. The van der Waals surface area contributed by atoms with Crippen molar-refractivity contribution in [1.82, 2.24) is 0 Å². The zero-order chi connectivity index (χ0) is 16.3. The Kier molecular flexibility index (Phi) is 4.51. The van der Waals surface area contributed by atoms with Gasteiger partial charge in [0.05, 0.1) is 14.2 Å². The van der Waals surface area contributed by atoms with Gasteiger partial charge in [-0.15, -0.1) is 0 Å². The normalized spacial score (nSPS) is 11.1. The minimum atomic E-state index is -2.29. The van der Waals surface area contributed by atoms with Crippen molar-refractivity contribution in [2.45, 2.75) is 13.1 Å². The quantitative estimate of drug-likeness (QED) is 0.634. The van der Waals surface area contributed by atoms with Gasteiger partial charge in [-0.2, -0.15) is 0 Å². The molecule has 1 aromatic heterocycles. The van der Waals surface area contributed by atoms with E-state index in [-0.39, 0.29) is 11.1 Å². The first-order chi connectivity index (χ1) is 10.4. The van der Waals surface area contributed by atoms with Crippen molar-refractivity contribution in [1.29, 1.82) is 0 Å². The van der Waals surface area contributed by atoms with Gasteiger partial charge < -0.3 is 13.9 Å². The van der Waals surface area contributed by atoms with Gasteiger partial charge in [0.2, 0.25) is 0 Å². The molecule has 0 aliphatic carbocycles. The highest BCUT2D eigenvalue weighted by Gasteiger charge is 2.38. The molecule has 0 N–H and O–H groups in total. The van der Waals surface area contributed by atoms with E-state index in [0.29, 0.717) is 5.38 Å². The number of furan rings is 1. The van der Waals surface area contributed by atoms with E-state index in [1.807, 2.05) is 30.3 Å². The number of hydrogen-bond acceptors (Lipinski definition) is 5. The van der Waals surface area contributed by atoms with Crippen LogP contribution >= 0.6 is 0 Å². The van der Waals surface area contributed by atoms with E-state index in [0.717, 1.165) is 5.19 Å². The third-order valence-electron chi connectivity index (χ3n) is 3.65. The number of ether oxygens (including phenoxy) is 2. The third kappa shape index (κ3) is 2.69. The molecule has 0 unspecified atom stereocenters. The molecule has 0 amide bonds. The minimum absolute atomic E-state index is 0.0980. The molecular weight excluding hydrogens is 300 g/mol. The zero-order valence-electron chi connectivity index (χ0n) is 13.0. The first kappa shape index (κ1) is 16.0. The van der Waals surface area contributed by atoms with E-state index in [1.165, 1.54) is 20.5 Å². The lowest BCUT2D eigenvalue weighted by Crippen LogP contribution is -2.54. The van der Waals surface area contributed by atoms with Crippen LogP contribution in [0.2, 0.25) is 13.1 Å². The number of methoxy groups -OCH3 is 2. The average Bonchev–Trinajstić information content (AvgIpc) is 3.00. The number of carbonyl (C=O) groups is 2. The standard InChI is InChI=1S/C16H18O5Si/c1-19-14(17)12-10-21-16(13(12)15(18)20-2)22(3,4)11-8-6-5-7-9-11/h5-10H,1-4H3. The van der Waals surface area contributed by atoms with Gasteiger partial charge in [-0.25, -0.2) is 9.59 Å². The van der Waals surface area contributed by atoms with Gasteiger partial charge in [0.1, 0.15) is 22.8 Å². The fourth-order valence-corrected chi connectivity index (χ4v) is 4.87. The van der Waals surface area contributed by atoms with Gasteiger partial charge in [0, 0.05) is 0 Å². The Bertz CT molecular complexity index is 688. The summed E-state index contributed by atoms with van der Waals surface area (Å²) in [5.74, 6) is -1.21. The molecule has 0 saturated heterocycles. The lowest BCUT2D eigenvalue weighted by atomic mass is 10.2. The SMILES string of the molecule is COC(=O)c1coc([Si](C)(C)c2ccccc2)c1C(=O)OC. The van der Waals surface area contributed by atoms with Crippen LogP contribution in [0.25, 0.3) is 0 Å². The molecule has 0 atom stereocenters. The molecule has 116 valence electrons. The number of hydrogen-bond donors (Lipinski definition) is 0. The highest BCUT2D eigenvalue weighted by Crippen LogP contribution is 2.17. The number of benzene rings is 1. The molecule has 0 saturated carbocycles. The Morgan fingerprint density at radius 3 is 2.14 bits per heavy atom. The maximum atomic E-state index is 12.1. The van der Waals surface area contributed by atoms with Crippen molar-refractivity contribution in [3.8, 4) is 0 Å². The number of rotatable bonds is 4. The van der Waals surface area contributed by atoms with Crippen LogP contribution in [0.3, 0.4) is 0 Å². The summed E-state index contributed by atoms with van der Waals surface area (Å²) in [6.07, 6.45) is 1.27. The van der Waals surface area contributed by atoms with E-state index in [2.05, 4.69) is 13.1 Å². The van der Waals surface area contributed by atoms with E-state index in [1.54, 1.807) is 0 Å². The first-order valence-electron chi connectivity index (χ1n) is 6.77. The van der Waals surface area contributed by atoms with Crippen LogP contribution in [0.5, 0.6) is 0 Å². The Morgan fingerprint density at radius 2 is 1.59 bits per heavy atom. The summed E-state index contributed by atoms with van der Waals surface area (Å²) in [6, 6.07) is 9.79.